The first-order chi connectivity index (χ1) is 8.51. The summed E-state index contributed by atoms with van der Waals surface area (Å²) >= 11 is 0. The number of fused-ring (bicyclic) bond motifs is 2. The van der Waals surface area contributed by atoms with Crippen molar-refractivity contribution in [2.45, 2.75) is 26.7 Å². The average molecular weight is 292 g/mol. The molecule has 2 aliphatic carbocycles. The molecular formula is C10H13FN2O5S. The van der Waals surface area contributed by atoms with Crippen molar-refractivity contribution in [3.8, 4) is 0 Å². The van der Waals surface area contributed by atoms with E-state index in [9.17, 15) is 27.2 Å². The van der Waals surface area contributed by atoms with E-state index in [1.807, 2.05) is 0 Å². The summed E-state index contributed by atoms with van der Waals surface area (Å²) in [6.45, 7) is 3.27. The normalized spacial score (nSPS) is 35.0. The van der Waals surface area contributed by atoms with Crippen molar-refractivity contribution < 1.29 is 22.1 Å². The second-order valence-electron chi connectivity index (χ2n) is 5.63. The van der Waals surface area contributed by atoms with Crippen LogP contribution in [0.5, 0.6) is 0 Å². The van der Waals surface area contributed by atoms with Gasteiger partial charge in [0.1, 0.15) is 0 Å². The standard InChI is InChI=1S/C10H13FN2O5S/c1-9(2)6-3-4-10(9,5-19(11,17)18)8(7(6)14)12-13(15)16/h6H,3-5H2,1-2H3/b12-8-/t6-,10-/m1/s1. The second kappa shape index (κ2) is 3.81. The van der Waals surface area contributed by atoms with E-state index < -0.39 is 49.3 Å². The molecule has 0 aromatic heterocycles. The van der Waals surface area contributed by atoms with E-state index in [0.717, 1.165) is 0 Å². The van der Waals surface area contributed by atoms with Gasteiger partial charge in [0.15, 0.2) is 16.5 Å². The number of hydrogen-bond acceptors (Lipinski definition) is 5. The number of carbonyl (C=O) groups excluding carboxylic acids is 1. The van der Waals surface area contributed by atoms with E-state index in [4.69, 9.17) is 0 Å². The number of ketones is 1. The summed E-state index contributed by atoms with van der Waals surface area (Å²) in [6.07, 6.45) is 0.615. The molecular weight excluding hydrogens is 279 g/mol. The molecule has 0 spiro atoms. The highest BCUT2D eigenvalue weighted by atomic mass is 32.3. The number of hydrazone groups is 1. The van der Waals surface area contributed by atoms with Crippen LogP contribution < -0.4 is 0 Å². The third-order valence-electron chi connectivity index (χ3n) is 4.57. The van der Waals surface area contributed by atoms with Crippen LogP contribution in [0.1, 0.15) is 26.7 Å². The zero-order chi connectivity index (χ0) is 14.6. The van der Waals surface area contributed by atoms with Crippen LogP contribution in [0.3, 0.4) is 0 Å². The molecule has 2 bridgehead atoms. The Morgan fingerprint density at radius 1 is 1.53 bits per heavy atom. The maximum atomic E-state index is 13.1. The minimum Gasteiger partial charge on any atom is -0.292 e. The number of hydrogen-bond donors (Lipinski definition) is 0. The summed E-state index contributed by atoms with van der Waals surface area (Å²) < 4.78 is 35.1. The fourth-order valence-corrected chi connectivity index (χ4v) is 4.78. The lowest BCUT2D eigenvalue weighted by Gasteiger charge is -2.34. The Labute approximate surface area is 109 Å². The Morgan fingerprint density at radius 3 is 2.58 bits per heavy atom. The molecule has 2 saturated carbocycles. The number of nitro groups is 1. The van der Waals surface area contributed by atoms with E-state index in [-0.39, 0.29) is 6.42 Å². The Bertz CT molecular complexity index is 597. The summed E-state index contributed by atoms with van der Waals surface area (Å²) in [4.78, 5) is 22.6. The minimum absolute atomic E-state index is 0.215. The van der Waals surface area contributed by atoms with Gasteiger partial charge in [-0.25, -0.2) is 10.1 Å². The molecule has 2 rings (SSSR count). The molecule has 0 N–H and O–H groups in total. The largest absolute Gasteiger partial charge is 0.303 e. The van der Waals surface area contributed by atoms with Crippen molar-refractivity contribution in [1.29, 1.82) is 0 Å². The van der Waals surface area contributed by atoms with Crippen molar-refractivity contribution >= 4 is 21.7 Å². The molecule has 19 heavy (non-hydrogen) atoms. The van der Waals surface area contributed by atoms with Crippen molar-refractivity contribution in [1.82, 2.24) is 0 Å². The van der Waals surface area contributed by atoms with E-state index in [2.05, 4.69) is 5.10 Å². The maximum absolute atomic E-state index is 13.1. The van der Waals surface area contributed by atoms with Gasteiger partial charge >= 0.3 is 10.2 Å². The van der Waals surface area contributed by atoms with E-state index in [0.29, 0.717) is 6.42 Å². The summed E-state index contributed by atoms with van der Waals surface area (Å²) in [7, 11) is -4.87. The molecule has 7 nitrogen and oxygen atoms in total. The van der Waals surface area contributed by atoms with Crippen molar-refractivity contribution in [2.75, 3.05) is 5.75 Å². The molecule has 9 heteroatoms. The predicted octanol–water partition coefficient (Wildman–Crippen LogP) is 0.924. The van der Waals surface area contributed by atoms with Crippen LogP contribution in [0, 0.1) is 26.9 Å². The summed E-state index contributed by atoms with van der Waals surface area (Å²) in [5.74, 6) is -1.99. The van der Waals surface area contributed by atoms with Crippen LogP contribution in [0.15, 0.2) is 5.10 Å². The first-order valence-electron chi connectivity index (χ1n) is 5.71. The van der Waals surface area contributed by atoms with Gasteiger partial charge in [-0.05, 0) is 18.3 Å². The lowest BCUT2D eigenvalue weighted by Crippen LogP contribution is -2.42. The van der Waals surface area contributed by atoms with Gasteiger partial charge in [0.05, 0.1) is 10.9 Å². The fraction of sp³-hybridized carbons (Fsp3) is 0.800. The average Bonchev–Trinajstić information content (AvgIpc) is 2.50. The number of carbonyl (C=O) groups is 1. The SMILES string of the molecule is CC1(C)[C@@H]2CC[C@@]1(CS(=O)(=O)F)/C(=N\[N+](=O)[O-])C2=O. The first kappa shape index (κ1) is 14.0. The Morgan fingerprint density at radius 2 is 2.11 bits per heavy atom. The monoisotopic (exact) mass is 292 g/mol. The van der Waals surface area contributed by atoms with Crippen molar-refractivity contribution in [3.63, 3.8) is 0 Å². The van der Waals surface area contributed by atoms with Gasteiger partial charge in [-0.15, -0.1) is 3.89 Å². The van der Waals surface area contributed by atoms with Crippen molar-refractivity contribution in [3.05, 3.63) is 10.1 Å². The molecule has 0 aromatic carbocycles. The Kier molecular flexibility index (Phi) is 2.82. The number of halogens is 1. The Hall–Kier alpha value is -1.38. The van der Waals surface area contributed by atoms with E-state index in [1.54, 1.807) is 13.8 Å². The molecule has 0 unspecified atom stereocenters. The van der Waals surface area contributed by atoms with Crippen LogP contribution in [-0.2, 0) is 15.0 Å². The zero-order valence-electron chi connectivity index (χ0n) is 10.4. The highest BCUT2D eigenvalue weighted by Crippen LogP contribution is 2.63. The number of Topliss-reactive ketones (excluding diaryl/α,β-unsaturated/α-hetero) is 1. The van der Waals surface area contributed by atoms with E-state index in [1.165, 1.54) is 0 Å². The number of rotatable bonds is 3. The molecule has 2 fully saturated rings. The quantitative estimate of drug-likeness (QED) is 0.437. The van der Waals surface area contributed by atoms with Gasteiger partial charge in [-0.1, -0.05) is 13.8 Å². The van der Waals surface area contributed by atoms with Crippen LogP contribution in [0.25, 0.3) is 0 Å². The fourth-order valence-electron chi connectivity index (χ4n) is 3.54. The molecule has 0 heterocycles. The van der Waals surface area contributed by atoms with Gasteiger partial charge in [-0.3, -0.25) is 4.79 Å². The lowest BCUT2D eigenvalue weighted by atomic mass is 9.70. The molecule has 2 atom stereocenters. The zero-order valence-corrected chi connectivity index (χ0v) is 11.2. The molecule has 0 saturated heterocycles. The van der Waals surface area contributed by atoms with Crippen LogP contribution >= 0.6 is 0 Å². The minimum atomic E-state index is -4.87. The van der Waals surface area contributed by atoms with Crippen LogP contribution in [0.4, 0.5) is 3.89 Å². The molecule has 0 amide bonds. The smallest absolute Gasteiger partial charge is 0.292 e. The van der Waals surface area contributed by atoms with Gasteiger partial charge in [-0.2, -0.15) is 8.42 Å². The van der Waals surface area contributed by atoms with E-state index >= 15 is 0 Å². The third kappa shape index (κ3) is 1.87. The highest BCUT2D eigenvalue weighted by molar-refractivity contribution is 7.86. The van der Waals surface area contributed by atoms with Crippen molar-refractivity contribution in [2.24, 2.45) is 21.8 Å². The molecule has 2 aliphatic rings. The third-order valence-corrected chi connectivity index (χ3v) is 5.41. The molecule has 0 aromatic rings. The lowest BCUT2D eigenvalue weighted by molar-refractivity contribution is -0.485. The summed E-state index contributed by atoms with van der Waals surface area (Å²) in [6, 6.07) is 0. The first-order valence-corrected chi connectivity index (χ1v) is 7.26. The predicted molar refractivity (Wildman–Crippen MR) is 63.3 cm³/mol. The van der Waals surface area contributed by atoms with Gasteiger partial charge < -0.3 is 0 Å². The van der Waals surface area contributed by atoms with Gasteiger partial charge in [0, 0.05) is 11.3 Å². The van der Waals surface area contributed by atoms with Gasteiger partial charge in [0.25, 0.3) is 0 Å². The maximum Gasteiger partial charge on any atom is 0.303 e. The van der Waals surface area contributed by atoms with Crippen LogP contribution in [-0.4, -0.2) is 30.7 Å². The number of nitrogens with zero attached hydrogens (tertiary/aromatic N) is 2. The molecule has 106 valence electrons. The molecule has 0 radical (unpaired) electrons. The topological polar surface area (TPSA) is 107 Å². The summed E-state index contributed by atoms with van der Waals surface area (Å²) in [5.41, 5.74) is -2.65. The second-order valence-corrected chi connectivity index (χ2v) is 7.00. The van der Waals surface area contributed by atoms with Gasteiger partial charge in [0.2, 0.25) is 0 Å². The highest BCUT2D eigenvalue weighted by Gasteiger charge is 2.69. The summed E-state index contributed by atoms with van der Waals surface area (Å²) in [5, 5.41) is 12.5. The molecule has 0 aliphatic heterocycles. The Balaban J connectivity index is 2.63. The van der Waals surface area contributed by atoms with Crippen LogP contribution in [0.2, 0.25) is 0 Å².